The minimum atomic E-state index is -0.0453. The first-order valence-electron chi connectivity index (χ1n) is 6.84. The molecule has 110 valence electrons. The zero-order valence-corrected chi connectivity index (χ0v) is 12.5. The lowest BCUT2D eigenvalue weighted by molar-refractivity contribution is -0.121. The Kier molecular flexibility index (Phi) is 7.73. The molecule has 1 aromatic rings. The number of halogens is 1. The Hall–Kier alpha value is -1.55. The third-order valence-electron chi connectivity index (χ3n) is 2.86. The summed E-state index contributed by atoms with van der Waals surface area (Å²) < 4.78 is 0. The van der Waals surface area contributed by atoms with Crippen LogP contribution in [0.5, 0.6) is 0 Å². The SMILES string of the molecule is CC(=O)NCCCNC(=O)CCCc1ccccc1Cl. The van der Waals surface area contributed by atoms with E-state index in [0.29, 0.717) is 19.5 Å². The van der Waals surface area contributed by atoms with Gasteiger partial charge in [-0.1, -0.05) is 29.8 Å². The molecule has 5 heteroatoms. The molecule has 0 bridgehead atoms. The van der Waals surface area contributed by atoms with Crippen LogP contribution < -0.4 is 10.6 Å². The van der Waals surface area contributed by atoms with Crippen LogP contribution in [0.1, 0.15) is 31.7 Å². The molecule has 2 N–H and O–H groups in total. The van der Waals surface area contributed by atoms with E-state index in [1.807, 2.05) is 24.3 Å². The predicted molar refractivity (Wildman–Crippen MR) is 80.7 cm³/mol. The fourth-order valence-corrected chi connectivity index (χ4v) is 2.04. The van der Waals surface area contributed by atoms with E-state index in [1.165, 1.54) is 6.92 Å². The minimum Gasteiger partial charge on any atom is -0.356 e. The Balaban J connectivity index is 2.09. The van der Waals surface area contributed by atoms with Crippen molar-refractivity contribution in [1.82, 2.24) is 10.6 Å². The summed E-state index contributed by atoms with van der Waals surface area (Å²) in [4.78, 5) is 22.2. The summed E-state index contributed by atoms with van der Waals surface area (Å²) in [6.45, 7) is 2.66. The second-order valence-corrected chi connectivity index (χ2v) is 5.04. The Morgan fingerprint density at radius 2 is 1.80 bits per heavy atom. The van der Waals surface area contributed by atoms with E-state index in [2.05, 4.69) is 10.6 Å². The zero-order valence-electron chi connectivity index (χ0n) is 11.7. The monoisotopic (exact) mass is 296 g/mol. The molecule has 1 aromatic carbocycles. The molecule has 0 atom stereocenters. The maximum absolute atomic E-state index is 11.6. The number of hydrogen-bond donors (Lipinski definition) is 2. The van der Waals surface area contributed by atoms with Crippen molar-refractivity contribution in [2.45, 2.75) is 32.6 Å². The standard InChI is InChI=1S/C15H21ClN2O2/c1-12(19)17-10-5-11-18-15(20)9-4-7-13-6-2-3-8-14(13)16/h2-3,6,8H,4-5,7,9-11H2,1H3,(H,17,19)(H,18,20). The molecule has 0 spiro atoms. The largest absolute Gasteiger partial charge is 0.356 e. The van der Waals surface area contributed by atoms with Crippen molar-refractivity contribution in [3.63, 3.8) is 0 Å². The van der Waals surface area contributed by atoms with Gasteiger partial charge in [0.2, 0.25) is 11.8 Å². The number of benzene rings is 1. The normalized spacial score (nSPS) is 10.1. The summed E-state index contributed by atoms with van der Waals surface area (Å²) in [5, 5.41) is 6.27. The molecule has 0 unspecified atom stereocenters. The van der Waals surface area contributed by atoms with Gasteiger partial charge in [0.25, 0.3) is 0 Å². The van der Waals surface area contributed by atoms with Gasteiger partial charge >= 0.3 is 0 Å². The molecule has 0 fully saturated rings. The van der Waals surface area contributed by atoms with E-state index in [9.17, 15) is 9.59 Å². The first-order valence-corrected chi connectivity index (χ1v) is 7.22. The lowest BCUT2D eigenvalue weighted by atomic mass is 10.1. The molecule has 0 aromatic heterocycles. The molecule has 1 rings (SSSR count). The average Bonchev–Trinajstić information content (AvgIpc) is 2.40. The van der Waals surface area contributed by atoms with Crippen LogP contribution in [0.3, 0.4) is 0 Å². The van der Waals surface area contributed by atoms with E-state index < -0.39 is 0 Å². The average molecular weight is 297 g/mol. The van der Waals surface area contributed by atoms with Gasteiger partial charge in [0.05, 0.1) is 0 Å². The van der Waals surface area contributed by atoms with Crippen LogP contribution in [0.15, 0.2) is 24.3 Å². The zero-order chi connectivity index (χ0) is 14.8. The number of nitrogens with one attached hydrogen (secondary N) is 2. The molecule has 4 nitrogen and oxygen atoms in total. The van der Waals surface area contributed by atoms with Crippen LogP contribution in [-0.4, -0.2) is 24.9 Å². The number of aryl methyl sites for hydroxylation is 1. The highest BCUT2D eigenvalue weighted by atomic mass is 35.5. The van der Waals surface area contributed by atoms with E-state index in [-0.39, 0.29) is 11.8 Å². The molecule has 20 heavy (non-hydrogen) atoms. The Bertz CT molecular complexity index is 449. The highest BCUT2D eigenvalue weighted by Gasteiger charge is 2.03. The van der Waals surface area contributed by atoms with Crippen molar-refractivity contribution in [1.29, 1.82) is 0 Å². The third-order valence-corrected chi connectivity index (χ3v) is 3.23. The smallest absolute Gasteiger partial charge is 0.220 e. The molecular weight excluding hydrogens is 276 g/mol. The molecule has 0 aliphatic rings. The van der Waals surface area contributed by atoms with Crippen LogP contribution in [0.4, 0.5) is 0 Å². The van der Waals surface area contributed by atoms with E-state index in [4.69, 9.17) is 11.6 Å². The van der Waals surface area contributed by atoms with Gasteiger partial charge in [-0.05, 0) is 30.9 Å². The molecule has 0 saturated carbocycles. The van der Waals surface area contributed by atoms with E-state index >= 15 is 0 Å². The van der Waals surface area contributed by atoms with E-state index in [0.717, 1.165) is 29.8 Å². The van der Waals surface area contributed by atoms with Gasteiger partial charge in [-0.15, -0.1) is 0 Å². The molecule has 0 aliphatic heterocycles. The van der Waals surface area contributed by atoms with Crippen molar-refractivity contribution >= 4 is 23.4 Å². The Labute approximate surface area is 124 Å². The summed E-state index contributed by atoms with van der Waals surface area (Å²) in [6, 6.07) is 7.68. The van der Waals surface area contributed by atoms with Gasteiger partial charge in [0, 0.05) is 31.5 Å². The van der Waals surface area contributed by atoms with Crippen molar-refractivity contribution in [2.24, 2.45) is 0 Å². The quantitative estimate of drug-likeness (QED) is 0.723. The van der Waals surface area contributed by atoms with Gasteiger partial charge in [-0.3, -0.25) is 9.59 Å². The third kappa shape index (κ3) is 7.14. The summed E-state index contributed by atoms with van der Waals surface area (Å²) in [6.07, 6.45) is 2.82. The Morgan fingerprint density at radius 1 is 1.10 bits per heavy atom. The maximum atomic E-state index is 11.6. The van der Waals surface area contributed by atoms with Crippen molar-refractivity contribution in [2.75, 3.05) is 13.1 Å². The van der Waals surface area contributed by atoms with Gasteiger partial charge in [-0.25, -0.2) is 0 Å². The number of carbonyl (C=O) groups excluding carboxylic acids is 2. The number of amides is 2. The first-order chi connectivity index (χ1) is 9.59. The van der Waals surface area contributed by atoms with Crippen molar-refractivity contribution in [3.8, 4) is 0 Å². The molecule has 0 heterocycles. The molecule has 0 radical (unpaired) electrons. The molecule has 2 amide bonds. The fraction of sp³-hybridized carbons (Fsp3) is 0.467. The van der Waals surface area contributed by atoms with Crippen LogP contribution in [0, 0.1) is 0 Å². The van der Waals surface area contributed by atoms with Crippen LogP contribution in [0.2, 0.25) is 5.02 Å². The fourth-order valence-electron chi connectivity index (χ4n) is 1.81. The van der Waals surface area contributed by atoms with Crippen molar-refractivity contribution < 1.29 is 9.59 Å². The lowest BCUT2D eigenvalue weighted by Crippen LogP contribution is -2.28. The van der Waals surface area contributed by atoms with Crippen LogP contribution in [0.25, 0.3) is 0 Å². The summed E-state index contributed by atoms with van der Waals surface area (Å²) in [5.74, 6) is -0.00375. The predicted octanol–water partition coefficient (Wildman–Crippen LogP) is 2.31. The molecule has 0 saturated heterocycles. The summed E-state index contributed by atoms with van der Waals surface area (Å²) in [7, 11) is 0. The number of rotatable bonds is 8. The van der Waals surface area contributed by atoms with Gasteiger partial charge in [0.15, 0.2) is 0 Å². The molecular formula is C15H21ClN2O2. The summed E-state index contributed by atoms with van der Waals surface area (Å²) >= 11 is 6.05. The highest BCUT2D eigenvalue weighted by molar-refractivity contribution is 6.31. The highest BCUT2D eigenvalue weighted by Crippen LogP contribution is 2.16. The number of hydrogen-bond acceptors (Lipinski definition) is 2. The van der Waals surface area contributed by atoms with Gasteiger partial charge in [0.1, 0.15) is 0 Å². The van der Waals surface area contributed by atoms with Gasteiger partial charge < -0.3 is 10.6 Å². The lowest BCUT2D eigenvalue weighted by Gasteiger charge is -2.06. The summed E-state index contributed by atoms with van der Waals surface area (Å²) in [5.41, 5.74) is 1.08. The maximum Gasteiger partial charge on any atom is 0.220 e. The topological polar surface area (TPSA) is 58.2 Å². The molecule has 0 aliphatic carbocycles. The van der Waals surface area contributed by atoms with Gasteiger partial charge in [-0.2, -0.15) is 0 Å². The van der Waals surface area contributed by atoms with Crippen LogP contribution >= 0.6 is 11.6 Å². The second-order valence-electron chi connectivity index (χ2n) is 4.63. The van der Waals surface area contributed by atoms with Crippen molar-refractivity contribution in [3.05, 3.63) is 34.9 Å². The van der Waals surface area contributed by atoms with Crippen LogP contribution in [-0.2, 0) is 16.0 Å². The minimum absolute atomic E-state index is 0.0416. The second kappa shape index (κ2) is 9.37. The number of carbonyl (C=O) groups is 2. The Morgan fingerprint density at radius 3 is 2.50 bits per heavy atom. The first kappa shape index (κ1) is 16.5. The van der Waals surface area contributed by atoms with E-state index in [1.54, 1.807) is 0 Å².